The lowest BCUT2D eigenvalue weighted by molar-refractivity contribution is 0.179. The number of nitrogens with zero attached hydrogens (tertiary/aromatic N) is 1. The van der Waals surface area contributed by atoms with E-state index in [2.05, 4.69) is 10.2 Å². The van der Waals surface area contributed by atoms with Crippen LogP contribution in [0.3, 0.4) is 0 Å². The minimum Gasteiger partial charge on any atom is -0.395 e. The van der Waals surface area contributed by atoms with Gasteiger partial charge in [0.05, 0.1) is 6.61 Å². The molecular weight excluding hydrogens is 243 g/mol. The SMILES string of the molecule is Cc1cc(CN(CCO)CC2CCCN2)ccc1F. The zero-order valence-corrected chi connectivity index (χ0v) is 11.5. The molecule has 3 nitrogen and oxygen atoms in total. The Balaban J connectivity index is 1.96. The first kappa shape index (κ1) is 14.4. The molecule has 0 bridgehead atoms. The minimum atomic E-state index is -0.157. The number of hydrogen-bond donors (Lipinski definition) is 2. The number of aliphatic hydroxyl groups excluding tert-OH is 1. The van der Waals surface area contributed by atoms with Gasteiger partial charge in [0.25, 0.3) is 0 Å². The first-order valence-electron chi connectivity index (χ1n) is 7.00. The van der Waals surface area contributed by atoms with Crippen LogP contribution in [0, 0.1) is 12.7 Å². The topological polar surface area (TPSA) is 35.5 Å². The van der Waals surface area contributed by atoms with E-state index in [-0.39, 0.29) is 12.4 Å². The summed E-state index contributed by atoms with van der Waals surface area (Å²) in [4.78, 5) is 2.23. The number of nitrogens with one attached hydrogen (secondary N) is 1. The highest BCUT2D eigenvalue weighted by atomic mass is 19.1. The van der Waals surface area contributed by atoms with E-state index >= 15 is 0 Å². The Kier molecular flexibility index (Phi) is 5.31. The number of halogens is 1. The average molecular weight is 266 g/mol. The number of aryl methyl sites for hydroxylation is 1. The Bertz CT molecular complexity index is 405. The molecule has 2 rings (SSSR count). The van der Waals surface area contributed by atoms with E-state index in [9.17, 15) is 4.39 Å². The van der Waals surface area contributed by atoms with E-state index in [1.54, 1.807) is 6.92 Å². The van der Waals surface area contributed by atoms with Gasteiger partial charge in [0.2, 0.25) is 0 Å². The van der Waals surface area contributed by atoms with Crippen LogP contribution >= 0.6 is 0 Å². The molecule has 0 amide bonds. The summed E-state index contributed by atoms with van der Waals surface area (Å²) in [7, 11) is 0. The Morgan fingerprint density at radius 1 is 1.47 bits per heavy atom. The second-order valence-corrected chi connectivity index (χ2v) is 5.34. The molecule has 0 radical (unpaired) electrons. The molecule has 0 aromatic heterocycles. The zero-order valence-electron chi connectivity index (χ0n) is 11.5. The van der Waals surface area contributed by atoms with Crippen molar-refractivity contribution in [2.24, 2.45) is 0 Å². The standard InChI is InChI=1S/C15H23FN2O/c1-12-9-13(4-5-15(12)16)10-18(7-8-19)11-14-3-2-6-17-14/h4-5,9,14,17,19H,2-3,6-8,10-11H2,1H3. The fraction of sp³-hybridized carbons (Fsp3) is 0.600. The second-order valence-electron chi connectivity index (χ2n) is 5.34. The Morgan fingerprint density at radius 3 is 2.95 bits per heavy atom. The second kappa shape index (κ2) is 6.98. The van der Waals surface area contributed by atoms with Gasteiger partial charge in [-0.3, -0.25) is 4.90 Å². The third kappa shape index (κ3) is 4.27. The summed E-state index contributed by atoms with van der Waals surface area (Å²) in [5, 5.41) is 12.6. The lowest BCUT2D eigenvalue weighted by Crippen LogP contribution is -2.38. The predicted molar refractivity (Wildman–Crippen MR) is 74.5 cm³/mol. The van der Waals surface area contributed by atoms with Crippen molar-refractivity contribution in [3.8, 4) is 0 Å². The molecule has 4 heteroatoms. The van der Waals surface area contributed by atoms with Crippen LogP contribution in [0.15, 0.2) is 18.2 Å². The van der Waals surface area contributed by atoms with Crippen LogP contribution in [0.2, 0.25) is 0 Å². The van der Waals surface area contributed by atoms with Crippen molar-refractivity contribution in [3.05, 3.63) is 35.1 Å². The van der Waals surface area contributed by atoms with Gasteiger partial charge in [-0.2, -0.15) is 0 Å². The van der Waals surface area contributed by atoms with Crippen LogP contribution in [0.25, 0.3) is 0 Å². The van der Waals surface area contributed by atoms with Crippen molar-refractivity contribution >= 4 is 0 Å². The van der Waals surface area contributed by atoms with E-state index in [1.165, 1.54) is 18.9 Å². The lowest BCUT2D eigenvalue weighted by atomic mass is 10.1. The summed E-state index contributed by atoms with van der Waals surface area (Å²) < 4.78 is 13.2. The first-order valence-corrected chi connectivity index (χ1v) is 7.00. The van der Waals surface area contributed by atoms with Gasteiger partial charge in [0.1, 0.15) is 5.82 Å². The van der Waals surface area contributed by atoms with Crippen LogP contribution in [-0.2, 0) is 6.54 Å². The van der Waals surface area contributed by atoms with Crippen molar-refractivity contribution in [1.29, 1.82) is 0 Å². The van der Waals surface area contributed by atoms with E-state index in [4.69, 9.17) is 5.11 Å². The van der Waals surface area contributed by atoms with Crippen LogP contribution in [0.5, 0.6) is 0 Å². The molecule has 1 aliphatic rings. The molecule has 0 saturated carbocycles. The highest BCUT2D eigenvalue weighted by Gasteiger charge is 2.17. The first-order chi connectivity index (χ1) is 9.19. The zero-order chi connectivity index (χ0) is 13.7. The van der Waals surface area contributed by atoms with Gasteiger partial charge in [-0.05, 0) is 43.5 Å². The summed E-state index contributed by atoms with van der Waals surface area (Å²) in [6, 6.07) is 5.76. The van der Waals surface area contributed by atoms with Crippen molar-refractivity contribution in [1.82, 2.24) is 10.2 Å². The third-order valence-corrected chi connectivity index (χ3v) is 3.69. The summed E-state index contributed by atoms with van der Waals surface area (Å²) in [6.45, 7) is 5.40. The number of rotatable bonds is 6. The molecule has 1 unspecified atom stereocenters. The van der Waals surface area contributed by atoms with Gasteiger partial charge >= 0.3 is 0 Å². The van der Waals surface area contributed by atoms with Crippen molar-refractivity contribution in [3.63, 3.8) is 0 Å². The molecular formula is C15H23FN2O. The summed E-state index contributed by atoms with van der Waals surface area (Å²) in [5.41, 5.74) is 1.78. The number of aliphatic hydroxyl groups is 1. The molecule has 1 saturated heterocycles. The highest BCUT2D eigenvalue weighted by Crippen LogP contribution is 2.13. The molecule has 0 spiro atoms. The van der Waals surface area contributed by atoms with Gasteiger partial charge in [-0.1, -0.05) is 12.1 Å². The molecule has 2 N–H and O–H groups in total. The molecule has 1 aliphatic heterocycles. The van der Waals surface area contributed by atoms with Crippen molar-refractivity contribution < 1.29 is 9.50 Å². The van der Waals surface area contributed by atoms with Gasteiger partial charge in [-0.25, -0.2) is 4.39 Å². The monoisotopic (exact) mass is 266 g/mol. The Labute approximate surface area is 114 Å². The van der Waals surface area contributed by atoms with Crippen LogP contribution < -0.4 is 5.32 Å². The van der Waals surface area contributed by atoms with Crippen LogP contribution in [-0.4, -0.2) is 42.3 Å². The molecule has 1 atom stereocenters. The largest absolute Gasteiger partial charge is 0.395 e. The maximum absolute atomic E-state index is 13.2. The quantitative estimate of drug-likeness (QED) is 0.822. The molecule has 1 fully saturated rings. The fourth-order valence-electron chi connectivity index (χ4n) is 2.66. The Hall–Kier alpha value is -0.970. The van der Waals surface area contributed by atoms with Crippen molar-refractivity contribution in [2.75, 3.05) is 26.2 Å². The molecule has 19 heavy (non-hydrogen) atoms. The minimum absolute atomic E-state index is 0.157. The summed E-state index contributed by atoms with van der Waals surface area (Å²) >= 11 is 0. The summed E-state index contributed by atoms with van der Waals surface area (Å²) in [6.07, 6.45) is 2.43. The fourth-order valence-corrected chi connectivity index (χ4v) is 2.66. The number of hydrogen-bond acceptors (Lipinski definition) is 3. The highest BCUT2D eigenvalue weighted by molar-refractivity contribution is 5.23. The van der Waals surface area contributed by atoms with E-state index in [0.717, 1.165) is 25.2 Å². The van der Waals surface area contributed by atoms with E-state index in [0.29, 0.717) is 18.2 Å². The maximum Gasteiger partial charge on any atom is 0.126 e. The molecule has 1 heterocycles. The van der Waals surface area contributed by atoms with Gasteiger partial charge in [-0.15, -0.1) is 0 Å². The maximum atomic E-state index is 13.2. The normalized spacial score (nSPS) is 19.3. The predicted octanol–water partition coefficient (Wildman–Crippen LogP) is 1.68. The van der Waals surface area contributed by atoms with Gasteiger partial charge in [0, 0.05) is 25.7 Å². The Morgan fingerprint density at radius 2 is 2.32 bits per heavy atom. The molecule has 1 aromatic carbocycles. The van der Waals surface area contributed by atoms with Crippen molar-refractivity contribution in [2.45, 2.75) is 32.4 Å². The van der Waals surface area contributed by atoms with Gasteiger partial charge in [0.15, 0.2) is 0 Å². The third-order valence-electron chi connectivity index (χ3n) is 3.69. The summed E-state index contributed by atoms with van der Waals surface area (Å²) in [5.74, 6) is -0.157. The number of benzene rings is 1. The smallest absolute Gasteiger partial charge is 0.126 e. The molecule has 0 aliphatic carbocycles. The van der Waals surface area contributed by atoms with Crippen LogP contribution in [0.4, 0.5) is 4.39 Å². The van der Waals surface area contributed by atoms with Gasteiger partial charge < -0.3 is 10.4 Å². The lowest BCUT2D eigenvalue weighted by Gasteiger charge is -2.25. The molecule has 1 aromatic rings. The van der Waals surface area contributed by atoms with E-state index < -0.39 is 0 Å². The van der Waals surface area contributed by atoms with E-state index in [1.807, 2.05) is 12.1 Å². The average Bonchev–Trinajstić information content (AvgIpc) is 2.87. The molecule has 106 valence electrons. The van der Waals surface area contributed by atoms with Crippen LogP contribution in [0.1, 0.15) is 24.0 Å².